The first-order valence-corrected chi connectivity index (χ1v) is 8.95. The Bertz CT molecular complexity index is 1060. The number of cyclic esters (lactones) is 1. The van der Waals surface area contributed by atoms with Crippen molar-refractivity contribution in [3.8, 4) is 17.1 Å². The maximum atomic E-state index is 12.2. The minimum atomic E-state index is -0.530. The van der Waals surface area contributed by atoms with Crippen LogP contribution in [0, 0.1) is 0 Å². The molecule has 1 aliphatic heterocycles. The Morgan fingerprint density at radius 2 is 1.81 bits per heavy atom. The Kier molecular flexibility index (Phi) is 4.64. The molecule has 1 aliphatic rings. The predicted octanol–water partition coefficient (Wildman–Crippen LogP) is 5.06. The normalized spacial score (nSPS) is 15.0. The van der Waals surface area contributed by atoms with Crippen LogP contribution in [0.5, 0.6) is 5.75 Å². The molecule has 0 saturated carbocycles. The Labute approximate surface area is 164 Å². The van der Waals surface area contributed by atoms with Crippen molar-refractivity contribution in [2.24, 2.45) is 4.99 Å². The van der Waals surface area contributed by atoms with Gasteiger partial charge in [0, 0.05) is 16.1 Å². The van der Waals surface area contributed by atoms with Gasteiger partial charge in [0.25, 0.3) is 0 Å². The molecule has 0 radical (unpaired) electrons. The summed E-state index contributed by atoms with van der Waals surface area (Å²) in [6.45, 7) is 0. The number of carbonyl (C=O) groups excluding carboxylic acids is 1. The standard InChI is InChI=1S/C21H14BrNO4/c1-25-19-5-3-2-4-16(19)20-23-17(21(24)27-20)12-15-10-11-18(26-15)13-6-8-14(22)9-7-13/h2-12H,1H3. The average Bonchev–Trinajstić information content (AvgIpc) is 3.30. The number of hydrogen-bond donors (Lipinski definition) is 0. The summed E-state index contributed by atoms with van der Waals surface area (Å²) in [6, 6.07) is 18.6. The van der Waals surface area contributed by atoms with Gasteiger partial charge in [-0.25, -0.2) is 9.79 Å². The second kappa shape index (κ2) is 7.25. The van der Waals surface area contributed by atoms with Gasteiger partial charge in [-0.05, 0) is 36.4 Å². The summed E-state index contributed by atoms with van der Waals surface area (Å²) in [6.07, 6.45) is 1.56. The first-order chi connectivity index (χ1) is 13.1. The van der Waals surface area contributed by atoms with E-state index < -0.39 is 5.97 Å². The highest BCUT2D eigenvalue weighted by atomic mass is 79.9. The summed E-state index contributed by atoms with van der Waals surface area (Å²) in [4.78, 5) is 16.5. The number of halogens is 1. The molecule has 0 aliphatic carbocycles. The van der Waals surface area contributed by atoms with Crippen LogP contribution < -0.4 is 4.74 Å². The van der Waals surface area contributed by atoms with Gasteiger partial charge in [-0.15, -0.1) is 0 Å². The maximum absolute atomic E-state index is 12.2. The molecule has 5 nitrogen and oxygen atoms in total. The summed E-state index contributed by atoms with van der Waals surface area (Å²) in [7, 11) is 1.55. The molecule has 134 valence electrons. The summed E-state index contributed by atoms with van der Waals surface area (Å²) in [5.41, 5.74) is 1.73. The predicted molar refractivity (Wildman–Crippen MR) is 105 cm³/mol. The van der Waals surface area contributed by atoms with Gasteiger partial charge in [0.2, 0.25) is 5.90 Å². The summed E-state index contributed by atoms with van der Waals surface area (Å²) in [5, 5.41) is 0. The third-order valence-electron chi connectivity index (χ3n) is 3.99. The number of carbonyl (C=O) groups is 1. The summed E-state index contributed by atoms with van der Waals surface area (Å²) in [5.74, 6) is 1.49. The van der Waals surface area contributed by atoms with Crippen molar-refractivity contribution in [1.29, 1.82) is 0 Å². The Morgan fingerprint density at radius 1 is 1.04 bits per heavy atom. The molecule has 2 heterocycles. The van der Waals surface area contributed by atoms with Crippen LogP contribution in [0.15, 0.2) is 80.2 Å². The number of rotatable bonds is 4. The fourth-order valence-electron chi connectivity index (χ4n) is 2.68. The number of hydrogen-bond acceptors (Lipinski definition) is 5. The molecule has 4 rings (SSSR count). The topological polar surface area (TPSA) is 61.0 Å². The van der Waals surface area contributed by atoms with E-state index in [0.717, 1.165) is 10.0 Å². The Balaban J connectivity index is 1.63. The molecule has 2 aromatic carbocycles. The molecule has 0 saturated heterocycles. The fraction of sp³-hybridized carbons (Fsp3) is 0.0476. The maximum Gasteiger partial charge on any atom is 0.363 e. The molecule has 27 heavy (non-hydrogen) atoms. The average molecular weight is 424 g/mol. The van der Waals surface area contributed by atoms with E-state index in [1.807, 2.05) is 42.5 Å². The van der Waals surface area contributed by atoms with E-state index in [0.29, 0.717) is 22.8 Å². The van der Waals surface area contributed by atoms with E-state index in [1.165, 1.54) is 0 Å². The van der Waals surface area contributed by atoms with Crippen LogP contribution in [0.3, 0.4) is 0 Å². The highest BCUT2D eigenvalue weighted by Crippen LogP contribution is 2.28. The third-order valence-corrected chi connectivity index (χ3v) is 4.52. The van der Waals surface area contributed by atoms with Crippen molar-refractivity contribution < 1.29 is 18.7 Å². The molecule has 1 aromatic heterocycles. The van der Waals surface area contributed by atoms with Gasteiger partial charge in [0.15, 0.2) is 5.70 Å². The summed E-state index contributed by atoms with van der Waals surface area (Å²) < 4.78 is 17.4. The van der Waals surface area contributed by atoms with Crippen molar-refractivity contribution in [2.75, 3.05) is 7.11 Å². The van der Waals surface area contributed by atoms with Gasteiger partial charge >= 0.3 is 5.97 Å². The third kappa shape index (κ3) is 3.57. The van der Waals surface area contributed by atoms with Crippen LogP contribution >= 0.6 is 15.9 Å². The molecule has 6 heteroatoms. The van der Waals surface area contributed by atoms with E-state index in [2.05, 4.69) is 20.9 Å². The quantitative estimate of drug-likeness (QED) is 0.434. The lowest BCUT2D eigenvalue weighted by atomic mass is 10.2. The first kappa shape index (κ1) is 17.3. The van der Waals surface area contributed by atoms with Crippen molar-refractivity contribution in [1.82, 2.24) is 0 Å². The zero-order chi connectivity index (χ0) is 18.8. The number of furan rings is 1. The number of esters is 1. The van der Waals surface area contributed by atoms with Crippen molar-refractivity contribution in [3.63, 3.8) is 0 Å². The highest BCUT2D eigenvalue weighted by molar-refractivity contribution is 9.10. The van der Waals surface area contributed by atoms with Crippen LogP contribution in [-0.2, 0) is 9.53 Å². The fourth-order valence-corrected chi connectivity index (χ4v) is 2.94. The molecule has 0 N–H and O–H groups in total. The van der Waals surface area contributed by atoms with Gasteiger partial charge < -0.3 is 13.9 Å². The van der Waals surface area contributed by atoms with Gasteiger partial charge in [-0.1, -0.05) is 40.2 Å². The van der Waals surface area contributed by atoms with E-state index in [-0.39, 0.29) is 11.6 Å². The van der Waals surface area contributed by atoms with Gasteiger partial charge in [-0.3, -0.25) is 0 Å². The monoisotopic (exact) mass is 423 g/mol. The van der Waals surface area contributed by atoms with E-state index >= 15 is 0 Å². The lowest BCUT2D eigenvalue weighted by Gasteiger charge is -2.05. The molecule has 0 atom stereocenters. The smallest absolute Gasteiger partial charge is 0.363 e. The van der Waals surface area contributed by atoms with Crippen molar-refractivity contribution >= 4 is 33.9 Å². The zero-order valence-electron chi connectivity index (χ0n) is 14.3. The van der Waals surface area contributed by atoms with Gasteiger partial charge in [0.05, 0.1) is 12.7 Å². The molecule has 0 fully saturated rings. The molecule has 0 bridgehead atoms. The van der Waals surface area contributed by atoms with Crippen LogP contribution in [0.2, 0.25) is 0 Å². The minimum Gasteiger partial charge on any atom is -0.496 e. The van der Waals surface area contributed by atoms with E-state index in [4.69, 9.17) is 13.9 Å². The molecule has 0 unspecified atom stereocenters. The molecule has 3 aromatic rings. The zero-order valence-corrected chi connectivity index (χ0v) is 15.9. The number of ether oxygens (including phenoxy) is 2. The molecular formula is C21H14BrNO4. The van der Waals surface area contributed by atoms with Crippen LogP contribution in [0.25, 0.3) is 17.4 Å². The largest absolute Gasteiger partial charge is 0.496 e. The number of aliphatic imine (C=N–C) groups is 1. The van der Waals surface area contributed by atoms with Crippen molar-refractivity contribution in [3.05, 3.63) is 82.2 Å². The van der Waals surface area contributed by atoms with Crippen LogP contribution in [-0.4, -0.2) is 19.0 Å². The van der Waals surface area contributed by atoms with Crippen LogP contribution in [0.4, 0.5) is 0 Å². The van der Waals surface area contributed by atoms with Gasteiger partial charge in [-0.2, -0.15) is 0 Å². The highest BCUT2D eigenvalue weighted by Gasteiger charge is 2.26. The molecule has 0 amide bonds. The number of benzene rings is 2. The summed E-state index contributed by atoms with van der Waals surface area (Å²) >= 11 is 3.41. The van der Waals surface area contributed by atoms with E-state index in [1.54, 1.807) is 31.4 Å². The molecule has 0 spiro atoms. The van der Waals surface area contributed by atoms with Crippen molar-refractivity contribution in [2.45, 2.75) is 0 Å². The lowest BCUT2D eigenvalue weighted by molar-refractivity contribution is -0.129. The van der Waals surface area contributed by atoms with E-state index in [9.17, 15) is 4.79 Å². The van der Waals surface area contributed by atoms with Crippen LogP contribution in [0.1, 0.15) is 11.3 Å². The second-order valence-corrected chi connectivity index (χ2v) is 6.66. The second-order valence-electron chi connectivity index (χ2n) is 5.75. The first-order valence-electron chi connectivity index (χ1n) is 8.16. The Morgan fingerprint density at radius 3 is 2.59 bits per heavy atom. The number of para-hydroxylation sites is 1. The minimum absolute atomic E-state index is 0.174. The molecular weight excluding hydrogens is 410 g/mol. The lowest BCUT2D eigenvalue weighted by Crippen LogP contribution is -2.06. The number of methoxy groups -OCH3 is 1. The van der Waals surface area contributed by atoms with Gasteiger partial charge in [0.1, 0.15) is 17.3 Å². The number of nitrogens with zero attached hydrogens (tertiary/aromatic N) is 1. The SMILES string of the molecule is COc1ccccc1C1=NC(=Cc2ccc(-c3ccc(Br)cc3)o2)C(=O)O1. The Hall–Kier alpha value is -3.12.